The van der Waals surface area contributed by atoms with E-state index in [9.17, 15) is 0 Å². The van der Waals surface area contributed by atoms with Crippen molar-refractivity contribution in [3.05, 3.63) is 33.0 Å². The van der Waals surface area contributed by atoms with E-state index in [4.69, 9.17) is 0 Å². The summed E-state index contributed by atoms with van der Waals surface area (Å²) >= 11 is 1.77. The van der Waals surface area contributed by atoms with Gasteiger partial charge < -0.3 is 5.32 Å². The summed E-state index contributed by atoms with van der Waals surface area (Å²) in [5, 5.41) is 9.04. The molecule has 0 saturated carbocycles. The van der Waals surface area contributed by atoms with Gasteiger partial charge in [0.25, 0.3) is 0 Å². The summed E-state index contributed by atoms with van der Waals surface area (Å²) in [7, 11) is 1.97. The van der Waals surface area contributed by atoms with E-state index in [0.29, 0.717) is 0 Å². The van der Waals surface area contributed by atoms with Crippen LogP contribution in [0.25, 0.3) is 0 Å². The zero-order valence-corrected chi connectivity index (χ0v) is 12.3. The first-order valence-corrected chi connectivity index (χ1v) is 7.06. The Kier molecular flexibility index (Phi) is 4.14. The maximum absolute atomic E-state index is 4.52. The minimum Gasteiger partial charge on any atom is -0.306 e. The van der Waals surface area contributed by atoms with Gasteiger partial charge in [-0.1, -0.05) is 6.92 Å². The molecule has 0 fully saturated rings. The van der Waals surface area contributed by atoms with Crippen molar-refractivity contribution in [3.63, 3.8) is 0 Å². The van der Waals surface area contributed by atoms with Crippen LogP contribution in [0.5, 0.6) is 0 Å². The maximum atomic E-state index is 4.52. The number of aromatic nitrogens is 3. The van der Waals surface area contributed by atoms with Crippen molar-refractivity contribution in [2.45, 2.75) is 40.3 Å². The lowest BCUT2D eigenvalue weighted by Crippen LogP contribution is -2.13. The molecule has 0 aromatic carbocycles. The van der Waals surface area contributed by atoms with Crippen LogP contribution >= 0.6 is 11.3 Å². The van der Waals surface area contributed by atoms with Gasteiger partial charge in [0.2, 0.25) is 0 Å². The lowest BCUT2D eigenvalue weighted by molar-refractivity contribution is 0.684. The monoisotopic (exact) mass is 264 g/mol. The molecular formula is C13H20N4S. The van der Waals surface area contributed by atoms with Crippen molar-refractivity contribution in [2.75, 3.05) is 0 Å². The lowest BCUT2D eigenvalue weighted by atomic mass is 10.2. The molecule has 18 heavy (non-hydrogen) atoms. The van der Waals surface area contributed by atoms with E-state index in [1.54, 1.807) is 11.3 Å². The minimum atomic E-state index is 0.831. The minimum absolute atomic E-state index is 0.831. The fraction of sp³-hybridized carbons (Fsp3) is 0.538. The van der Waals surface area contributed by atoms with Crippen LogP contribution in [0.1, 0.15) is 33.8 Å². The molecule has 0 radical (unpaired) electrons. The molecule has 4 nitrogen and oxygen atoms in total. The third kappa shape index (κ3) is 2.97. The molecule has 0 aliphatic carbocycles. The van der Waals surface area contributed by atoms with Gasteiger partial charge in [-0.05, 0) is 20.3 Å². The first kappa shape index (κ1) is 13.2. The topological polar surface area (TPSA) is 42.7 Å². The summed E-state index contributed by atoms with van der Waals surface area (Å²) in [4.78, 5) is 5.83. The second-order valence-corrected chi connectivity index (χ2v) is 5.77. The molecule has 2 rings (SSSR count). The fourth-order valence-electron chi connectivity index (χ4n) is 1.95. The van der Waals surface area contributed by atoms with Crippen molar-refractivity contribution in [2.24, 2.45) is 7.05 Å². The highest BCUT2D eigenvalue weighted by Gasteiger charge is 2.06. The predicted molar refractivity (Wildman–Crippen MR) is 74.7 cm³/mol. The molecule has 0 saturated heterocycles. The van der Waals surface area contributed by atoms with Crippen LogP contribution in [-0.4, -0.2) is 14.8 Å². The van der Waals surface area contributed by atoms with E-state index in [1.807, 2.05) is 11.7 Å². The number of hydrogen-bond donors (Lipinski definition) is 1. The van der Waals surface area contributed by atoms with E-state index in [-0.39, 0.29) is 0 Å². The van der Waals surface area contributed by atoms with Gasteiger partial charge in [-0.2, -0.15) is 5.10 Å². The number of nitrogens with zero attached hydrogens (tertiary/aromatic N) is 3. The Morgan fingerprint density at radius 3 is 2.72 bits per heavy atom. The van der Waals surface area contributed by atoms with Gasteiger partial charge >= 0.3 is 0 Å². The van der Waals surface area contributed by atoms with Gasteiger partial charge in [0.05, 0.1) is 11.4 Å². The van der Waals surface area contributed by atoms with Gasteiger partial charge in [-0.3, -0.25) is 4.68 Å². The van der Waals surface area contributed by atoms with Gasteiger partial charge in [-0.25, -0.2) is 4.98 Å². The number of thiazole rings is 1. The highest BCUT2D eigenvalue weighted by molar-refractivity contribution is 7.11. The van der Waals surface area contributed by atoms with Crippen molar-refractivity contribution in [1.29, 1.82) is 0 Å². The molecule has 2 aromatic rings. The summed E-state index contributed by atoms with van der Waals surface area (Å²) in [5.41, 5.74) is 3.61. The Labute approximate surface area is 112 Å². The zero-order chi connectivity index (χ0) is 13.1. The first-order chi connectivity index (χ1) is 8.60. The van der Waals surface area contributed by atoms with Crippen LogP contribution in [0.3, 0.4) is 0 Å². The van der Waals surface area contributed by atoms with Crippen LogP contribution in [0.4, 0.5) is 0 Å². The second-order valence-electron chi connectivity index (χ2n) is 4.48. The summed E-state index contributed by atoms with van der Waals surface area (Å²) in [6.45, 7) is 8.00. The van der Waals surface area contributed by atoms with Crippen molar-refractivity contribution < 1.29 is 0 Å². The first-order valence-electron chi connectivity index (χ1n) is 6.25. The van der Waals surface area contributed by atoms with Crippen molar-refractivity contribution in [3.8, 4) is 0 Å². The van der Waals surface area contributed by atoms with Gasteiger partial charge in [-0.15, -0.1) is 11.3 Å². The Hall–Kier alpha value is -1.20. The Morgan fingerprint density at radius 1 is 1.33 bits per heavy atom. The van der Waals surface area contributed by atoms with E-state index in [1.165, 1.54) is 16.1 Å². The third-order valence-corrected chi connectivity index (χ3v) is 4.06. The largest absolute Gasteiger partial charge is 0.306 e. The molecule has 0 bridgehead atoms. The van der Waals surface area contributed by atoms with Gasteiger partial charge in [0.15, 0.2) is 0 Å². The summed E-state index contributed by atoms with van der Waals surface area (Å²) in [5.74, 6) is 0. The molecule has 2 heterocycles. The molecule has 2 aromatic heterocycles. The smallest absolute Gasteiger partial charge is 0.107 e. The van der Waals surface area contributed by atoms with Crippen LogP contribution in [-0.2, 0) is 26.6 Å². The third-order valence-electron chi connectivity index (χ3n) is 2.99. The van der Waals surface area contributed by atoms with E-state index in [2.05, 4.69) is 42.4 Å². The standard InChI is InChI=1S/C13H20N4S/c1-5-12-11(8-17(4)16-12)6-14-7-13-15-9(2)10(3)18-13/h8,14H,5-7H2,1-4H3. The van der Waals surface area contributed by atoms with Crippen LogP contribution in [0.2, 0.25) is 0 Å². The number of rotatable bonds is 5. The quantitative estimate of drug-likeness (QED) is 0.901. The average Bonchev–Trinajstić information content (AvgIpc) is 2.83. The summed E-state index contributed by atoms with van der Waals surface area (Å²) in [6, 6.07) is 0. The number of aryl methyl sites for hydroxylation is 4. The molecule has 1 N–H and O–H groups in total. The normalized spacial score (nSPS) is 11.1. The molecule has 0 aliphatic rings. The van der Waals surface area contributed by atoms with E-state index >= 15 is 0 Å². The summed E-state index contributed by atoms with van der Waals surface area (Å²) in [6.07, 6.45) is 3.07. The number of nitrogens with one attached hydrogen (secondary N) is 1. The molecule has 0 amide bonds. The zero-order valence-electron chi connectivity index (χ0n) is 11.4. The van der Waals surface area contributed by atoms with Crippen molar-refractivity contribution >= 4 is 11.3 Å². The molecule has 5 heteroatoms. The highest BCUT2D eigenvalue weighted by Crippen LogP contribution is 2.16. The maximum Gasteiger partial charge on any atom is 0.107 e. The molecule has 0 atom stereocenters. The molecular weight excluding hydrogens is 244 g/mol. The average molecular weight is 264 g/mol. The fourth-order valence-corrected chi connectivity index (χ4v) is 2.85. The van der Waals surface area contributed by atoms with Crippen molar-refractivity contribution in [1.82, 2.24) is 20.1 Å². The highest BCUT2D eigenvalue weighted by atomic mass is 32.1. The molecule has 98 valence electrons. The van der Waals surface area contributed by atoms with Gasteiger partial charge in [0.1, 0.15) is 5.01 Å². The van der Waals surface area contributed by atoms with Crippen LogP contribution in [0, 0.1) is 13.8 Å². The molecule has 0 spiro atoms. The Balaban J connectivity index is 1.91. The van der Waals surface area contributed by atoms with E-state index in [0.717, 1.165) is 30.2 Å². The molecule has 0 unspecified atom stereocenters. The SMILES string of the molecule is CCc1nn(C)cc1CNCc1nc(C)c(C)s1. The predicted octanol–water partition coefficient (Wildman–Crippen LogP) is 2.35. The summed E-state index contributed by atoms with van der Waals surface area (Å²) < 4.78 is 1.88. The van der Waals surface area contributed by atoms with E-state index < -0.39 is 0 Å². The lowest BCUT2D eigenvalue weighted by Gasteiger charge is -2.01. The Bertz CT molecular complexity index is 508. The van der Waals surface area contributed by atoms with Crippen LogP contribution in [0.15, 0.2) is 6.20 Å². The molecule has 0 aliphatic heterocycles. The van der Waals surface area contributed by atoms with Crippen LogP contribution < -0.4 is 5.32 Å². The Morgan fingerprint density at radius 2 is 2.11 bits per heavy atom. The number of hydrogen-bond acceptors (Lipinski definition) is 4. The second kappa shape index (κ2) is 5.63. The van der Waals surface area contributed by atoms with Gasteiger partial charge in [0, 0.05) is 36.8 Å².